The molecule has 0 bridgehead atoms. The minimum absolute atomic E-state index is 0. The number of hydrogen-bond acceptors (Lipinski definition) is 4. The number of rotatable bonds is 9. The van der Waals surface area contributed by atoms with Gasteiger partial charge in [0.25, 0.3) is 0 Å². The number of benzene rings is 1. The molecule has 138 valence electrons. The third-order valence-electron chi connectivity index (χ3n) is 2.99. The largest absolute Gasteiger partial charge is 0.355 e. The van der Waals surface area contributed by atoms with E-state index in [9.17, 15) is 13.2 Å². The lowest BCUT2D eigenvalue weighted by Gasteiger charge is -2.13. The van der Waals surface area contributed by atoms with Crippen LogP contribution in [0.5, 0.6) is 0 Å². The molecule has 0 saturated heterocycles. The van der Waals surface area contributed by atoms with Gasteiger partial charge in [-0.3, -0.25) is 4.79 Å². The quantitative estimate of drug-likeness (QED) is 0.574. The Morgan fingerprint density at radius 1 is 1.25 bits per heavy atom. The third kappa shape index (κ3) is 7.55. The molecule has 0 aliphatic rings. The fourth-order valence-corrected chi connectivity index (χ4v) is 4.06. The molecule has 1 aromatic carbocycles. The van der Waals surface area contributed by atoms with Crippen molar-refractivity contribution in [3.63, 3.8) is 0 Å². The molecule has 0 fully saturated rings. The zero-order valence-corrected chi connectivity index (χ0v) is 16.6. The molecule has 1 aromatic rings. The van der Waals surface area contributed by atoms with Crippen molar-refractivity contribution in [1.82, 2.24) is 15.4 Å². The van der Waals surface area contributed by atoms with Crippen molar-refractivity contribution < 1.29 is 13.2 Å². The van der Waals surface area contributed by atoms with Gasteiger partial charge in [-0.2, -0.15) is 0 Å². The number of carbonyl (C=O) groups excluding carboxylic acids is 1. The average Bonchev–Trinajstić information content (AvgIpc) is 2.44. The van der Waals surface area contributed by atoms with Crippen LogP contribution in [0.25, 0.3) is 0 Å². The standard InChI is InChI=1S/C14H21Cl2N3O3S.ClH/c1-3-17-10(2)9-18-13(20)7-8-19-23(21,22)14-11(15)5-4-6-12(14)16;/h4-6,10,17,19H,3,7-9H2,1-2H3,(H,18,20);1H/t10-;/m1./s1. The van der Waals surface area contributed by atoms with Gasteiger partial charge in [0.2, 0.25) is 15.9 Å². The van der Waals surface area contributed by atoms with Crippen LogP contribution in [-0.4, -0.2) is 40.0 Å². The van der Waals surface area contributed by atoms with Gasteiger partial charge in [0.15, 0.2) is 0 Å². The first-order chi connectivity index (χ1) is 10.8. The topological polar surface area (TPSA) is 87.3 Å². The lowest BCUT2D eigenvalue weighted by atomic mass is 10.3. The molecule has 0 aliphatic heterocycles. The molecule has 1 atom stereocenters. The number of carbonyl (C=O) groups is 1. The molecule has 10 heteroatoms. The number of halogens is 3. The van der Waals surface area contributed by atoms with E-state index >= 15 is 0 Å². The number of hydrogen-bond donors (Lipinski definition) is 3. The Kier molecular flexibility index (Phi) is 10.9. The van der Waals surface area contributed by atoms with Crippen molar-refractivity contribution in [2.24, 2.45) is 0 Å². The van der Waals surface area contributed by atoms with E-state index in [1.54, 1.807) is 6.07 Å². The van der Waals surface area contributed by atoms with Gasteiger partial charge < -0.3 is 10.6 Å². The van der Waals surface area contributed by atoms with E-state index in [-0.39, 0.29) is 52.3 Å². The molecule has 3 N–H and O–H groups in total. The van der Waals surface area contributed by atoms with Crippen LogP contribution >= 0.6 is 35.6 Å². The predicted molar refractivity (Wildman–Crippen MR) is 99.7 cm³/mol. The van der Waals surface area contributed by atoms with Crippen molar-refractivity contribution in [3.05, 3.63) is 28.2 Å². The van der Waals surface area contributed by atoms with Crippen LogP contribution in [0.2, 0.25) is 10.0 Å². The highest BCUT2D eigenvalue weighted by atomic mass is 35.5. The normalized spacial score (nSPS) is 12.3. The smallest absolute Gasteiger partial charge is 0.243 e. The minimum Gasteiger partial charge on any atom is -0.355 e. The highest BCUT2D eigenvalue weighted by Crippen LogP contribution is 2.28. The highest BCUT2D eigenvalue weighted by molar-refractivity contribution is 7.89. The summed E-state index contributed by atoms with van der Waals surface area (Å²) in [5, 5.41) is 5.96. The Balaban J connectivity index is 0.00000529. The SMILES string of the molecule is CCN[C@H](C)CNC(=O)CCNS(=O)(=O)c1c(Cl)cccc1Cl.Cl. The van der Waals surface area contributed by atoms with E-state index in [2.05, 4.69) is 15.4 Å². The molecule has 0 unspecified atom stereocenters. The molecule has 1 amide bonds. The monoisotopic (exact) mass is 417 g/mol. The fourth-order valence-electron chi connectivity index (χ4n) is 1.89. The Bertz CT molecular complexity index is 621. The number of nitrogens with one attached hydrogen (secondary N) is 3. The first-order valence-electron chi connectivity index (χ1n) is 7.21. The van der Waals surface area contributed by atoms with Crippen molar-refractivity contribution >= 4 is 51.5 Å². The molecule has 6 nitrogen and oxygen atoms in total. The number of likely N-dealkylation sites (N-methyl/N-ethyl adjacent to an activating group) is 1. The van der Waals surface area contributed by atoms with Crippen LogP contribution in [0.1, 0.15) is 20.3 Å². The summed E-state index contributed by atoms with van der Waals surface area (Å²) in [6.07, 6.45) is 0.0279. The number of amides is 1. The van der Waals surface area contributed by atoms with Crippen molar-refractivity contribution in [2.45, 2.75) is 31.2 Å². The Morgan fingerprint density at radius 2 is 1.83 bits per heavy atom. The van der Waals surface area contributed by atoms with Gasteiger partial charge in [0, 0.05) is 25.6 Å². The second-order valence-electron chi connectivity index (χ2n) is 4.96. The molecule has 0 spiro atoms. The maximum absolute atomic E-state index is 12.2. The second-order valence-corrected chi connectivity index (χ2v) is 7.48. The zero-order valence-electron chi connectivity index (χ0n) is 13.4. The van der Waals surface area contributed by atoms with Gasteiger partial charge in [-0.15, -0.1) is 12.4 Å². The average molecular weight is 419 g/mol. The summed E-state index contributed by atoms with van der Waals surface area (Å²) < 4.78 is 26.7. The van der Waals surface area contributed by atoms with E-state index < -0.39 is 10.0 Å². The summed E-state index contributed by atoms with van der Waals surface area (Å²) >= 11 is 11.8. The van der Waals surface area contributed by atoms with Gasteiger partial charge >= 0.3 is 0 Å². The highest BCUT2D eigenvalue weighted by Gasteiger charge is 2.21. The van der Waals surface area contributed by atoms with Gasteiger partial charge in [0.05, 0.1) is 10.0 Å². The summed E-state index contributed by atoms with van der Waals surface area (Å²) in [6.45, 7) is 5.19. The van der Waals surface area contributed by atoms with E-state index in [0.29, 0.717) is 6.54 Å². The molecule has 0 saturated carbocycles. The van der Waals surface area contributed by atoms with Crippen molar-refractivity contribution in [2.75, 3.05) is 19.6 Å². The lowest BCUT2D eigenvalue weighted by Crippen LogP contribution is -2.39. The van der Waals surface area contributed by atoms with Crippen molar-refractivity contribution in [3.8, 4) is 0 Å². The maximum Gasteiger partial charge on any atom is 0.243 e. The molecular formula is C14H22Cl3N3O3S. The van der Waals surface area contributed by atoms with Crippen LogP contribution in [-0.2, 0) is 14.8 Å². The van der Waals surface area contributed by atoms with Gasteiger partial charge in [-0.1, -0.05) is 36.2 Å². The second kappa shape index (κ2) is 11.1. The first-order valence-corrected chi connectivity index (χ1v) is 9.45. The van der Waals surface area contributed by atoms with E-state index in [4.69, 9.17) is 23.2 Å². The van der Waals surface area contributed by atoms with Gasteiger partial charge in [0.1, 0.15) is 4.90 Å². The van der Waals surface area contributed by atoms with Gasteiger partial charge in [-0.05, 0) is 25.6 Å². The molecule has 0 radical (unpaired) electrons. The van der Waals surface area contributed by atoms with Crippen LogP contribution in [0.3, 0.4) is 0 Å². The Labute approximate surface area is 159 Å². The fraction of sp³-hybridized carbons (Fsp3) is 0.500. The molecule has 24 heavy (non-hydrogen) atoms. The van der Waals surface area contributed by atoms with Crippen LogP contribution in [0.15, 0.2) is 23.1 Å². The summed E-state index contributed by atoms with van der Waals surface area (Å²) in [6, 6.07) is 4.60. The lowest BCUT2D eigenvalue weighted by molar-refractivity contribution is -0.121. The van der Waals surface area contributed by atoms with Crippen LogP contribution in [0.4, 0.5) is 0 Å². The van der Waals surface area contributed by atoms with Crippen LogP contribution < -0.4 is 15.4 Å². The summed E-state index contributed by atoms with van der Waals surface area (Å²) in [5.41, 5.74) is 0. The molecular weight excluding hydrogens is 397 g/mol. The number of sulfonamides is 1. The van der Waals surface area contributed by atoms with Crippen LogP contribution in [0, 0.1) is 0 Å². The summed E-state index contributed by atoms with van der Waals surface area (Å²) in [5.74, 6) is -0.234. The summed E-state index contributed by atoms with van der Waals surface area (Å²) in [7, 11) is -3.86. The Hall–Kier alpha value is -0.570. The predicted octanol–water partition coefficient (Wildman–Crippen LogP) is 2.20. The maximum atomic E-state index is 12.2. The molecule has 0 aromatic heterocycles. The summed E-state index contributed by atoms with van der Waals surface area (Å²) in [4.78, 5) is 11.5. The van der Waals surface area contributed by atoms with Gasteiger partial charge in [-0.25, -0.2) is 13.1 Å². The van der Waals surface area contributed by atoms with E-state index in [1.807, 2.05) is 13.8 Å². The zero-order chi connectivity index (χ0) is 17.5. The Morgan fingerprint density at radius 3 is 2.38 bits per heavy atom. The van der Waals surface area contributed by atoms with Crippen molar-refractivity contribution in [1.29, 1.82) is 0 Å². The minimum atomic E-state index is -3.86. The molecule has 0 aliphatic carbocycles. The molecule has 1 rings (SSSR count). The first kappa shape index (κ1) is 23.4. The molecule has 0 heterocycles. The third-order valence-corrected chi connectivity index (χ3v) is 5.41. The van der Waals surface area contributed by atoms with E-state index in [1.165, 1.54) is 12.1 Å². The van der Waals surface area contributed by atoms with E-state index in [0.717, 1.165) is 6.54 Å².